The summed E-state index contributed by atoms with van der Waals surface area (Å²) < 4.78 is 0. The number of hydrogen-bond donors (Lipinski definition) is 3. The third-order valence-corrected chi connectivity index (χ3v) is 2.10. The molecule has 0 saturated carbocycles. The maximum atomic E-state index is 9.10. The molecule has 0 aliphatic carbocycles. The highest BCUT2D eigenvalue weighted by molar-refractivity contribution is 6.27. The van der Waals surface area contributed by atoms with Gasteiger partial charge in [0.15, 0.2) is 0 Å². The molecule has 0 amide bonds. The van der Waals surface area contributed by atoms with Crippen molar-refractivity contribution in [2.75, 3.05) is 6.54 Å². The van der Waals surface area contributed by atoms with Crippen LogP contribution in [0, 0.1) is 5.92 Å². The maximum absolute atomic E-state index is 9.10. The molecule has 0 radical (unpaired) electrons. The summed E-state index contributed by atoms with van der Waals surface area (Å²) in [4.78, 5) is 18.2. The molecule has 88 valence electrons. The highest BCUT2D eigenvalue weighted by Crippen LogP contribution is 2.13. The van der Waals surface area contributed by atoms with Gasteiger partial charge in [0.1, 0.15) is 0 Å². The zero-order valence-corrected chi connectivity index (χ0v) is 9.19. The van der Waals surface area contributed by atoms with Crippen molar-refractivity contribution in [3.8, 4) is 0 Å². The zero-order chi connectivity index (χ0) is 11.8. The molecule has 1 atom stereocenters. The largest absolute Gasteiger partial charge is 0.473 e. The van der Waals surface area contributed by atoms with E-state index in [4.69, 9.17) is 19.8 Å². The third-order valence-electron chi connectivity index (χ3n) is 2.10. The van der Waals surface area contributed by atoms with Crippen LogP contribution >= 0.6 is 0 Å². The first-order chi connectivity index (χ1) is 6.93. The molecule has 3 N–H and O–H groups in total. The minimum Gasteiger partial charge on any atom is -0.473 e. The second-order valence-electron chi connectivity index (χ2n) is 4.03. The molecule has 0 aromatic rings. The predicted molar refractivity (Wildman–Crippen MR) is 55.8 cm³/mol. The Kier molecular flexibility index (Phi) is 6.70. The Balaban J connectivity index is 0.000000288. The first-order valence-electron chi connectivity index (χ1n) is 5.13. The van der Waals surface area contributed by atoms with Crippen molar-refractivity contribution in [2.45, 2.75) is 39.2 Å². The second kappa shape index (κ2) is 7.23. The number of carboxylic acid groups (broad SMARTS) is 2. The van der Waals surface area contributed by atoms with Gasteiger partial charge in [0.25, 0.3) is 0 Å². The van der Waals surface area contributed by atoms with Gasteiger partial charge >= 0.3 is 11.9 Å². The van der Waals surface area contributed by atoms with Gasteiger partial charge in [-0.25, -0.2) is 9.59 Å². The summed E-state index contributed by atoms with van der Waals surface area (Å²) in [7, 11) is 0. The van der Waals surface area contributed by atoms with Crippen LogP contribution in [0.5, 0.6) is 0 Å². The van der Waals surface area contributed by atoms with Gasteiger partial charge < -0.3 is 15.5 Å². The number of carbonyl (C=O) groups is 2. The van der Waals surface area contributed by atoms with Crippen LogP contribution in [-0.4, -0.2) is 34.7 Å². The van der Waals surface area contributed by atoms with Crippen LogP contribution in [0.25, 0.3) is 0 Å². The fourth-order valence-corrected chi connectivity index (χ4v) is 1.53. The van der Waals surface area contributed by atoms with Gasteiger partial charge in [-0.1, -0.05) is 13.8 Å². The zero-order valence-electron chi connectivity index (χ0n) is 9.19. The Hall–Kier alpha value is -1.10. The van der Waals surface area contributed by atoms with E-state index < -0.39 is 11.9 Å². The number of nitrogens with one attached hydrogen (secondary N) is 1. The Morgan fingerprint density at radius 3 is 2.13 bits per heavy atom. The van der Waals surface area contributed by atoms with E-state index in [2.05, 4.69) is 19.2 Å². The maximum Gasteiger partial charge on any atom is 0.414 e. The van der Waals surface area contributed by atoms with Crippen LogP contribution < -0.4 is 5.32 Å². The van der Waals surface area contributed by atoms with E-state index in [9.17, 15) is 0 Å². The van der Waals surface area contributed by atoms with Crippen LogP contribution in [0.4, 0.5) is 0 Å². The Morgan fingerprint density at radius 1 is 1.33 bits per heavy atom. The average molecular weight is 217 g/mol. The quantitative estimate of drug-likeness (QED) is 0.599. The van der Waals surface area contributed by atoms with Gasteiger partial charge in [-0.2, -0.15) is 0 Å². The van der Waals surface area contributed by atoms with Crippen molar-refractivity contribution in [1.29, 1.82) is 0 Å². The first-order valence-corrected chi connectivity index (χ1v) is 5.13. The van der Waals surface area contributed by atoms with E-state index in [1.54, 1.807) is 0 Å². The van der Waals surface area contributed by atoms with Crippen LogP contribution in [0.1, 0.15) is 33.1 Å². The van der Waals surface area contributed by atoms with Gasteiger partial charge in [0.05, 0.1) is 0 Å². The predicted octanol–water partition coefficient (Wildman–Crippen LogP) is 0.940. The lowest BCUT2D eigenvalue weighted by Crippen LogP contribution is -2.22. The molecule has 5 nitrogen and oxygen atoms in total. The molecule has 0 aromatic heterocycles. The molecule has 15 heavy (non-hydrogen) atoms. The molecule has 1 heterocycles. The van der Waals surface area contributed by atoms with Crippen molar-refractivity contribution in [2.24, 2.45) is 5.92 Å². The molecule has 1 rings (SSSR count). The summed E-state index contributed by atoms with van der Waals surface area (Å²) in [5, 5.41) is 18.3. The number of carboxylic acids is 2. The lowest BCUT2D eigenvalue weighted by Gasteiger charge is -2.11. The molecule has 1 unspecified atom stereocenters. The van der Waals surface area contributed by atoms with Crippen molar-refractivity contribution in [3.05, 3.63) is 0 Å². The van der Waals surface area contributed by atoms with E-state index in [-0.39, 0.29) is 0 Å². The molecule has 1 saturated heterocycles. The van der Waals surface area contributed by atoms with Crippen LogP contribution in [0.3, 0.4) is 0 Å². The highest BCUT2D eigenvalue weighted by Gasteiger charge is 2.14. The Bertz CT molecular complexity index is 197. The van der Waals surface area contributed by atoms with Crippen molar-refractivity contribution in [3.63, 3.8) is 0 Å². The normalized spacial score (nSPS) is 19.5. The summed E-state index contributed by atoms with van der Waals surface area (Å²) in [6.07, 6.45) is 4.15. The van der Waals surface area contributed by atoms with Gasteiger partial charge in [-0.05, 0) is 31.7 Å². The fraction of sp³-hybridized carbons (Fsp3) is 0.800. The van der Waals surface area contributed by atoms with Crippen LogP contribution in [0.2, 0.25) is 0 Å². The van der Waals surface area contributed by atoms with Gasteiger partial charge in [0.2, 0.25) is 0 Å². The standard InChI is InChI=1S/C8H17N.C2H2O4/c1-7(2)6-8-4-3-5-9-8;3-1(4)2(5)6/h7-9H,3-6H2,1-2H3;(H,3,4)(H,5,6). The summed E-state index contributed by atoms with van der Waals surface area (Å²) >= 11 is 0. The molecule has 1 fully saturated rings. The molecule has 0 aromatic carbocycles. The summed E-state index contributed by atoms with van der Waals surface area (Å²) in [6.45, 7) is 5.83. The van der Waals surface area contributed by atoms with E-state index in [0.717, 1.165) is 12.0 Å². The number of rotatable bonds is 2. The summed E-state index contributed by atoms with van der Waals surface area (Å²) in [6, 6.07) is 0.838. The monoisotopic (exact) mass is 217 g/mol. The van der Waals surface area contributed by atoms with Crippen molar-refractivity contribution in [1.82, 2.24) is 5.32 Å². The molecular weight excluding hydrogens is 198 g/mol. The first kappa shape index (κ1) is 13.9. The molecule has 1 aliphatic rings. The topological polar surface area (TPSA) is 86.6 Å². The summed E-state index contributed by atoms with van der Waals surface area (Å²) in [5.74, 6) is -2.79. The van der Waals surface area contributed by atoms with E-state index in [0.29, 0.717) is 0 Å². The molecule has 1 aliphatic heterocycles. The molecular formula is C10H19NO4. The van der Waals surface area contributed by atoms with Gasteiger partial charge in [-0.15, -0.1) is 0 Å². The Labute approximate surface area is 89.5 Å². The van der Waals surface area contributed by atoms with Gasteiger partial charge in [0, 0.05) is 6.04 Å². The van der Waals surface area contributed by atoms with E-state index in [1.807, 2.05) is 0 Å². The summed E-state index contributed by atoms with van der Waals surface area (Å²) in [5.41, 5.74) is 0. The fourth-order valence-electron chi connectivity index (χ4n) is 1.53. The highest BCUT2D eigenvalue weighted by atomic mass is 16.4. The molecule has 5 heteroatoms. The number of hydrogen-bond acceptors (Lipinski definition) is 3. The number of aliphatic carboxylic acids is 2. The van der Waals surface area contributed by atoms with Crippen LogP contribution in [-0.2, 0) is 9.59 Å². The lowest BCUT2D eigenvalue weighted by molar-refractivity contribution is -0.159. The van der Waals surface area contributed by atoms with E-state index >= 15 is 0 Å². The minimum absolute atomic E-state index is 0.838. The third kappa shape index (κ3) is 7.93. The smallest absolute Gasteiger partial charge is 0.414 e. The van der Waals surface area contributed by atoms with Gasteiger partial charge in [-0.3, -0.25) is 0 Å². The van der Waals surface area contributed by atoms with Crippen molar-refractivity contribution < 1.29 is 19.8 Å². The SMILES string of the molecule is CC(C)CC1CCCN1.O=C(O)C(=O)O. The Morgan fingerprint density at radius 2 is 1.87 bits per heavy atom. The van der Waals surface area contributed by atoms with Crippen LogP contribution in [0.15, 0.2) is 0 Å². The molecule has 0 bridgehead atoms. The molecule has 0 spiro atoms. The van der Waals surface area contributed by atoms with Crippen molar-refractivity contribution >= 4 is 11.9 Å². The minimum atomic E-state index is -1.82. The second-order valence-corrected chi connectivity index (χ2v) is 4.03. The van der Waals surface area contributed by atoms with E-state index in [1.165, 1.54) is 25.8 Å². The lowest BCUT2D eigenvalue weighted by atomic mass is 10.0. The average Bonchev–Trinajstić information content (AvgIpc) is 2.56.